The van der Waals surface area contributed by atoms with Crippen LogP contribution in [0.2, 0.25) is 0 Å². The average molecular weight is 500 g/mol. The second-order valence-corrected chi connectivity index (χ2v) is 10.2. The van der Waals surface area contributed by atoms with Gasteiger partial charge in [-0.2, -0.15) is 0 Å². The van der Waals surface area contributed by atoms with E-state index in [4.69, 9.17) is 10.3 Å². The first-order chi connectivity index (χ1) is 15.9. The summed E-state index contributed by atoms with van der Waals surface area (Å²) in [5.41, 5.74) is 0.389. The summed E-state index contributed by atoms with van der Waals surface area (Å²) in [4.78, 5) is 11.9. The zero-order chi connectivity index (χ0) is 24.7. The summed E-state index contributed by atoms with van der Waals surface area (Å²) in [6, 6.07) is 15.4. The van der Waals surface area contributed by atoms with Crippen LogP contribution in [0.15, 0.2) is 76.5 Å². The predicted octanol–water partition coefficient (Wildman–Crippen LogP) is 1.58. The molecular weight excluding hydrogens is 482 g/mol. The van der Waals surface area contributed by atoms with E-state index in [1.807, 2.05) is 0 Å². The monoisotopic (exact) mass is 499 g/mol. The molecule has 0 aliphatic carbocycles. The van der Waals surface area contributed by atoms with Crippen LogP contribution in [-0.2, 0) is 20.0 Å². The summed E-state index contributed by atoms with van der Waals surface area (Å²) in [6.07, 6.45) is 0. The van der Waals surface area contributed by atoms with Crippen LogP contribution in [0.3, 0.4) is 0 Å². The van der Waals surface area contributed by atoms with Gasteiger partial charge in [-0.15, -0.1) is 0 Å². The number of phenols is 2. The van der Waals surface area contributed by atoms with Crippen molar-refractivity contribution in [1.29, 1.82) is 0 Å². The Labute approximate surface area is 194 Å². The Morgan fingerprint density at radius 2 is 0.971 bits per heavy atom. The first-order valence-electron chi connectivity index (χ1n) is 9.47. The van der Waals surface area contributed by atoms with Crippen LogP contribution in [0.5, 0.6) is 11.5 Å². The number of primary sulfonamides is 2. The van der Waals surface area contributed by atoms with Gasteiger partial charge >= 0.3 is 0 Å². The highest BCUT2D eigenvalue weighted by atomic mass is 32.2. The van der Waals surface area contributed by atoms with Crippen molar-refractivity contribution in [2.24, 2.45) is 10.3 Å². The molecule has 0 aliphatic heterocycles. The molecule has 1 aromatic heterocycles. The van der Waals surface area contributed by atoms with Crippen molar-refractivity contribution in [2.45, 2.75) is 9.79 Å². The highest BCUT2D eigenvalue weighted by Gasteiger charge is 2.21. The van der Waals surface area contributed by atoms with Gasteiger partial charge in [0.1, 0.15) is 11.5 Å². The molecule has 4 aromatic rings. The van der Waals surface area contributed by atoms with Crippen molar-refractivity contribution in [2.75, 3.05) is 0 Å². The molecule has 34 heavy (non-hydrogen) atoms. The van der Waals surface area contributed by atoms with E-state index < -0.39 is 29.8 Å². The zero-order valence-electron chi connectivity index (χ0n) is 17.2. The molecule has 4 rings (SSSR count). The third kappa shape index (κ3) is 4.72. The van der Waals surface area contributed by atoms with E-state index in [1.165, 1.54) is 12.1 Å². The van der Waals surface area contributed by atoms with Gasteiger partial charge in [-0.3, -0.25) is 0 Å². The molecule has 0 amide bonds. The lowest BCUT2D eigenvalue weighted by Crippen LogP contribution is -2.16. The van der Waals surface area contributed by atoms with E-state index in [1.54, 1.807) is 36.4 Å². The second kappa shape index (κ2) is 8.46. The van der Waals surface area contributed by atoms with Crippen LogP contribution in [-0.4, -0.2) is 42.0 Å². The van der Waals surface area contributed by atoms with Gasteiger partial charge in [-0.1, -0.05) is 24.3 Å². The summed E-state index contributed by atoms with van der Waals surface area (Å²) >= 11 is 0. The minimum atomic E-state index is -4.33. The molecule has 174 valence electrons. The lowest BCUT2D eigenvalue weighted by Gasteiger charge is -2.11. The predicted molar refractivity (Wildman–Crippen MR) is 122 cm³/mol. The lowest BCUT2D eigenvalue weighted by atomic mass is 10.1. The van der Waals surface area contributed by atoms with E-state index in [9.17, 15) is 27.0 Å². The van der Waals surface area contributed by atoms with E-state index >= 15 is 0 Å². The fraction of sp³-hybridized carbons (Fsp3) is 0. The molecule has 0 atom stereocenters. The third-order valence-electron chi connectivity index (χ3n) is 4.72. The summed E-state index contributed by atoms with van der Waals surface area (Å²) in [5, 5.41) is 31.0. The third-order valence-corrected chi connectivity index (χ3v) is 6.51. The minimum Gasteiger partial charge on any atom is -0.507 e. The van der Waals surface area contributed by atoms with Crippen LogP contribution in [0.25, 0.3) is 34.2 Å². The Bertz CT molecular complexity index is 1530. The Balaban J connectivity index is 2.06. The molecule has 0 saturated carbocycles. The fourth-order valence-corrected chi connectivity index (χ4v) is 4.34. The lowest BCUT2D eigenvalue weighted by molar-refractivity contribution is 0.477. The van der Waals surface area contributed by atoms with Gasteiger partial charge in [0.15, 0.2) is 17.5 Å². The van der Waals surface area contributed by atoms with Gasteiger partial charge < -0.3 is 10.2 Å². The van der Waals surface area contributed by atoms with Crippen molar-refractivity contribution < 1.29 is 27.0 Å². The van der Waals surface area contributed by atoms with Crippen molar-refractivity contribution in [3.63, 3.8) is 0 Å². The number of hydrogen-bond donors (Lipinski definition) is 4. The Morgan fingerprint density at radius 1 is 0.588 bits per heavy atom. The van der Waals surface area contributed by atoms with Crippen molar-refractivity contribution >= 4 is 20.0 Å². The number of nitrogens with two attached hydrogens (primary N) is 2. The fourth-order valence-electron chi connectivity index (χ4n) is 3.10. The number of benzene rings is 3. The number of para-hydroxylation sites is 2. The van der Waals surface area contributed by atoms with Gasteiger partial charge in [-0.25, -0.2) is 42.1 Å². The molecule has 0 aliphatic rings. The summed E-state index contributed by atoms with van der Waals surface area (Å²) in [5.74, 6) is -0.473. The molecule has 0 spiro atoms. The second-order valence-electron chi connectivity index (χ2n) is 7.12. The molecule has 13 heteroatoms. The molecule has 0 radical (unpaired) electrons. The number of nitrogens with zero attached hydrogens (tertiary/aromatic N) is 3. The van der Waals surface area contributed by atoms with E-state index in [0.29, 0.717) is 0 Å². The molecule has 0 saturated heterocycles. The zero-order valence-corrected chi connectivity index (χ0v) is 18.8. The molecule has 6 N–H and O–H groups in total. The molecule has 0 bridgehead atoms. The molecule has 11 nitrogen and oxygen atoms in total. The molecule has 0 unspecified atom stereocenters. The maximum atomic E-state index is 12.0. The highest BCUT2D eigenvalue weighted by molar-refractivity contribution is 7.90. The Morgan fingerprint density at radius 3 is 1.35 bits per heavy atom. The first kappa shape index (κ1) is 23.3. The smallest absolute Gasteiger partial charge is 0.238 e. The Kier molecular flexibility index (Phi) is 5.79. The number of sulfonamides is 2. The number of aromatic hydroxyl groups is 2. The van der Waals surface area contributed by atoms with Gasteiger partial charge in [0, 0.05) is 5.56 Å². The average Bonchev–Trinajstić information content (AvgIpc) is 2.78. The maximum absolute atomic E-state index is 12.0. The van der Waals surface area contributed by atoms with Gasteiger partial charge in [0.25, 0.3) is 0 Å². The van der Waals surface area contributed by atoms with Crippen molar-refractivity contribution in [1.82, 2.24) is 15.0 Å². The standard InChI is InChI=1S/C21H17N5O6S2/c22-33(29,30)13-9-12(10-14(11-13)34(23,31)32)19-24-20(15-5-1-3-7-17(15)27)26-21(25-19)16-6-2-4-8-18(16)28/h1-11,27-28H,(H2,22,29,30)(H2,23,31,32). The van der Waals surface area contributed by atoms with Crippen LogP contribution in [0.4, 0.5) is 0 Å². The molecule has 0 fully saturated rings. The Hall–Kier alpha value is -3.91. The largest absolute Gasteiger partial charge is 0.507 e. The normalized spacial score (nSPS) is 11.9. The number of aromatic nitrogens is 3. The summed E-state index contributed by atoms with van der Waals surface area (Å²) in [6.45, 7) is 0. The van der Waals surface area contributed by atoms with Gasteiger partial charge in [0.05, 0.1) is 20.9 Å². The topological polar surface area (TPSA) is 199 Å². The van der Waals surface area contributed by atoms with Crippen LogP contribution < -0.4 is 10.3 Å². The maximum Gasteiger partial charge on any atom is 0.238 e. The number of phenolic OH excluding ortho intramolecular Hbond substituents is 2. The number of hydrogen-bond acceptors (Lipinski definition) is 9. The molecule has 1 heterocycles. The van der Waals surface area contributed by atoms with E-state index in [0.717, 1.165) is 18.2 Å². The van der Waals surface area contributed by atoms with E-state index in [2.05, 4.69) is 15.0 Å². The van der Waals surface area contributed by atoms with Crippen LogP contribution in [0, 0.1) is 0 Å². The molecular formula is C21H17N5O6S2. The van der Waals surface area contributed by atoms with Gasteiger partial charge in [-0.05, 0) is 42.5 Å². The van der Waals surface area contributed by atoms with Crippen molar-refractivity contribution in [3.05, 3.63) is 66.7 Å². The van der Waals surface area contributed by atoms with Gasteiger partial charge in [0.2, 0.25) is 20.0 Å². The number of rotatable bonds is 5. The van der Waals surface area contributed by atoms with Crippen LogP contribution >= 0.6 is 0 Å². The SMILES string of the molecule is NS(=O)(=O)c1cc(-c2nc(-c3ccccc3O)nc(-c3ccccc3O)n2)cc(S(N)(=O)=O)c1. The summed E-state index contributed by atoms with van der Waals surface area (Å²) < 4.78 is 47.9. The summed E-state index contributed by atoms with van der Waals surface area (Å²) in [7, 11) is -8.65. The highest BCUT2D eigenvalue weighted by Crippen LogP contribution is 2.33. The molecule has 3 aromatic carbocycles. The van der Waals surface area contributed by atoms with Crippen LogP contribution in [0.1, 0.15) is 0 Å². The minimum absolute atomic E-state index is 0.0143. The van der Waals surface area contributed by atoms with Crippen molar-refractivity contribution in [3.8, 4) is 45.7 Å². The first-order valence-corrected chi connectivity index (χ1v) is 12.6. The van der Waals surface area contributed by atoms with E-state index in [-0.39, 0.29) is 45.7 Å². The quantitative estimate of drug-likeness (QED) is 0.314.